The third-order valence-corrected chi connectivity index (χ3v) is 17.6. The Labute approximate surface area is 245 Å². The van der Waals surface area contributed by atoms with Crippen LogP contribution in [0, 0.1) is 0 Å². The minimum absolute atomic E-state index is 0.627. The molecule has 0 fully saturated rings. The van der Waals surface area contributed by atoms with Crippen LogP contribution in [0.3, 0.4) is 0 Å². The predicted molar refractivity (Wildman–Crippen MR) is 171 cm³/mol. The number of fused-ring (bicyclic) bond motifs is 8. The van der Waals surface area contributed by atoms with Crippen molar-refractivity contribution < 1.29 is 0 Å². The fraction of sp³-hybridized carbons (Fsp3) is 0.143. The molecule has 0 amide bonds. The summed E-state index contributed by atoms with van der Waals surface area (Å²) in [4.78, 5) is 5.59. The zero-order valence-corrected chi connectivity index (χ0v) is 25.3. The van der Waals surface area contributed by atoms with Gasteiger partial charge in [0.2, 0.25) is 0 Å². The third-order valence-electron chi connectivity index (χ3n) is 6.79. The molecule has 0 spiro atoms. The summed E-state index contributed by atoms with van der Waals surface area (Å²) in [6.07, 6.45) is 6.10. The molecule has 0 saturated carbocycles. The van der Waals surface area contributed by atoms with Gasteiger partial charge in [0.15, 0.2) is 0 Å². The van der Waals surface area contributed by atoms with E-state index in [1.165, 1.54) is 58.0 Å². The zero-order valence-electron chi connectivity index (χ0n) is 18.8. The topological polar surface area (TPSA) is 0 Å². The van der Waals surface area contributed by atoms with Gasteiger partial charge in [-0.3, -0.25) is 0 Å². The average Bonchev–Trinajstić information content (AvgIpc) is 3.60. The second-order valence-electron chi connectivity index (χ2n) is 8.95. The van der Waals surface area contributed by atoms with Gasteiger partial charge in [-0.05, 0) is 52.6 Å². The first-order valence-electron chi connectivity index (χ1n) is 11.6. The molecular formula is C28H18S8. The van der Waals surface area contributed by atoms with Crippen LogP contribution in [-0.2, 0) is 0 Å². The number of hydrogen-bond donors (Lipinski definition) is 0. The van der Waals surface area contributed by atoms with Crippen molar-refractivity contribution in [2.45, 2.75) is 37.8 Å². The van der Waals surface area contributed by atoms with Gasteiger partial charge in [-0.1, -0.05) is 114 Å². The number of allylic oxidation sites excluding steroid dienone is 2. The van der Waals surface area contributed by atoms with E-state index in [0.717, 1.165) is 5.08 Å². The first kappa shape index (κ1) is 23.6. The Balaban J connectivity index is 1.05. The van der Waals surface area contributed by atoms with Crippen LogP contribution in [0.25, 0.3) is 10.8 Å². The highest BCUT2D eigenvalue weighted by atomic mass is 32.3. The molecule has 8 heteroatoms. The van der Waals surface area contributed by atoms with Gasteiger partial charge in [0, 0.05) is 40.7 Å². The molecule has 0 N–H and O–H groups in total. The van der Waals surface area contributed by atoms with Gasteiger partial charge in [-0.2, -0.15) is 0 Å². The summed E-state index contributed by atoms with van der Waals surface area (Å²) < 4.78 is 6.87. The number of rotatable bonds is 0. The standard InChI is InChI=1S/C28H18S8/c1-14-31-24-12-20-18-7-6-17(8-18)19(20)11-21(24)29-13-30-25(32-14)26-35-27-28(36-26)34-23-10-16-5-3-2-4-15(16)9-22(23)33-27/h2-7,9-12,17-18H,1,8,13H2. The van der Waals surface area contributed by atoms with E-state index >= 15 is 0 Å². The Kier molecular flexibility index (Phi) is 6.15. The maximum Gasteiger partial charge on any atom is 0.0714 e. The van der Waals surface area contributed by atoms with Crippen molar-refractivity contribution in [3.63, 3.8) is 0 Å². The fourth-order valence-corrected chi connectivity index (χ4v) is 16.5. The van der Waals surface area contributed by atoms with Gasteiger partial charge in [0.25, 0.3) is 0 Å². The van der Waals surface area contributed by atoms with Gasteiger partial charge >= 0.3 is 0 Å². The van der Waals surface area contributed by atoms with Crippen molar-refractivity contribution in [3.05, 3.63) is 99.6 Å². The van der Waals surface area contributed by atoms with Crippen LogP contribution in [0.1, 0.15) is 29.4 Å². The molecule has 0 nitrogen and oxygen atoms in total. The lowest BCUT2D eigenvalue weighted by Crippen LogP contribution is -1.95. The quantitative estimate of drug-likeness (QED) is 0.228. The monoisotopic (exact) mass is 610 g/mol. The molecule has 2 aliphatic carbocycles. The molecule has 3 aromatic carbocycles. The molecule has 3 aromatic rings. The summed E-state index contributed by atoms with van der Waals surface area (Å²) in [5.74, 6) is 1.26. The number of thioether (sulfide) groups is 8. The molecule has 36 heavy (non-hydrogen) atoms. The molecule has 3 aliphatic heterocycles. The highest BCUT2D eigenvalue weighted by Crippen LogP contribution is 2.67. The van der Waals surface area contributed by atoms with Crippen molar-refractivity contribution in [2.24, 2.45) is 0 Å². The number of hydrogen-bond acceptors (Lipinski definition) is 8. The third kappa shape index (κ3) is 4.10. The van der Waals surface area contributed by atoms with Crippen LogP contribution in [0.15, 0.2) is 108 Å². The fourth-order valence-electron chi connectivity index (χ4n) is 5.15. The maximum absolute atomic E-state index is 4.49. The summed E-state index contributed by atoms with van der Waals surface area (Å²) in [5.41, 5.74) is 3.12. The van der Waals surface area contributed by atoms with Crippen LogP contribution >= 0.6 is 94.1 Å². The molecule has 8 rings (SSSR count). The van der Waals surface area contributed by atoms with Crippen molar-refractivity contribution in [1.82, 2.24) is 0 Å². The normalized spacial score (nSPS) is 24.4. The van der Waals surface area contributed by atoms with E-state index in [9.17, 15) is 0 Å². The summed E-state index contributed by atoms with van der Waals surface area (Å²) in [7, 11) is 0. The average molecular weight is 611 g/mol. The predicted octanol–water partition coefficient (Wildman–Crippen LogP) is 11.7. The van der Waals surface area contributed by atoms with E-state index in [0.29, 0.717) is 11.8 Å². The first-order chi connectivity index (χ1) is 17.7. The van der Waals surface area contributed by atoms with Crippen LogP contribution in [0.4, 0.5) is 0 Å². The SMILES string of the molecule is C=C1SC(=C2SC3=C(S2)Sc2cc4ccccc4cc2S3)SCSc2cc3c(cc2S1)C1C=CC3C1. The van der Waals surface area contributed by atoms with Gasteiger partial charge < -0.3 is 0 Å². The van der Waals surface area contributed by atoms with E-state index in [4.69, 9.17) is 0 Å². The molecule has 5 aliphatic rings. The van der Waals surface area contributed by atoms with E-state index in [1.54, 1.807) is 11.1 Å². The highest BCUT2D eigenvalue weighted by molar-refractivity contribution is 8.43. The molecule has 3 heterocycles. The Morgan fingerprint density at radius 2 is 1.17 bits per heavy atom. The van der Waals surface area contributed by atoms with Gasteiger partial charge in [0.05, 0.1) is 16.9 Å². The Hall–Kier alpha value is -0.320. The summed E-state index contributed by atoms with van der Waals surface area (Å²) >= 11 is 15.5. The minimum atomic E-state index is 0.627. The lowest BCUT2D eigenvalue weighted by atomic mass is 9.97. The summed E-state index contributed by atoms with van der Waals surface area (Å²) in [6.45, 7) is 4.49. The maximum atomic E-state index is 4.49. The van der Waals surface area contributed by atoms with Gasteiger partial charge in [-0.15, -0.1) is 23.5 Å². The molecule has 2 bridgehead atoms. The van der Waals surface area contributed by atoms with Crippen molar-refractivity contribution in [3.8, 4) is 0 Å². The molecule has 0 radical (unpaired) electrons. The van der Waals surface area contributed by atoms with E-state index < -0.39 is 0 Å². The Morgan fingerprint density at radius 1 is 0.583 bits per heavy atom. The largest absolute Gasteiger partial charge is 0.114 e. The van der Waals surface area contributed by atoms with Gasteiger partial charge in [-0.25, -0.2) is 0 Å². The van der Waals surface area contributed by atoms with Crippen LogP contribution in [-0.4, -0.2) is 5.08 Å². The van der Waals surface area contributed by atoms with Crippen molar-refractivity contribution in [1.29, 1.82) is 0 Å². The van der Waals surface area contributed by atoms with E-state index in [1.807, 2.05) is 94.1 Å². The number of benzene rings is 3. The molecule has 2 atom stereocenters. The van der Waals surface area contributed by atoms with Crippen LogP contribution in [0.2, 0.25) is 0 Å². The molecule has 0 saturated heterocycles. The molecule has 2 unspecified atom stereocenters. The van der Waals surface area contributed by atoms with E-state index in [2.05, 4.69) is 67.3 Å². The minimum Gasteiger partial charge on any atom is -0.114 e. The smallest absolute Gasteiger partial charge is 0.0714 e. The molecule has 178 valence electrons. The zero-order chi connectivity index (χ0) is 23.8. The van der Waals surface area contributed by atoms with Crippen LogP contribution < -0.4 is 0 Å². The van der Waals surface area contributed by atoms with Crippen LogP contribution in [0.5, 0.6) is 0 Å². The second-order valence-corrected chi connectivity index (χ2v) is 19.0. The lowest BCUT2D eigenvalue weighted by Gasteiger charge is -2.16. The lowest BCUT2D eigenvalue weighted by molar-refractivity contribution is 0.804. The highest BCUT2D eigenvalue weighted by Gasteiger charge is 2.35. The van der Waals surface area contributed by atoms with Crippen molar-refractivity contribution >= 4 is 105 Å². The molecular weight excluding hydrogens is 593 g/mol. The summed E-state index contributed by atoms with van der Waals surface area (Å²) in [6, 6.07) is 18.4. The Morgan fingerprint density at radius 3 is 1.83 bits per heavy atom. The first-order valence-corrected chi connectivity index (χ1v) is 18.4. The van der Waals surface area contributed by atoms with Crippen molar-refractivity contribution in [2.75, 3.05) is 5.08 Å². The van der Waals surface area contributed by atoms with E-state index in [-0.39, 0.29) is 0 Å². The molecule has 0 aromatic heterocycles. The summed E-state index contributed by atoms with van der Waals surface area (Å²) in [5, 5.41) is 3.68. The Bertz CT molecular complexity index is 1520. The second kappa shape index (κ2) is 9.40. The van der Waals surface area contributed by atoms with Gasteiger partial charge in [0.1, 0.15) is 0 Å².